The Hall–Kier alpha value is -6.38. The van der Waals surface area contributed by atoms with Gasteiger partial charge in [-0.1, -0.05) is 139 Å². The van der Waals surface area contributed by atoms with Crippen molar-refractivity contribution in [1.29, 1.82) is 0 Å². The first-order valence-electron chi connectivity index (χ1n) is 20.1. The van der Waals surface area contributed by atoms with Gasteiger partial charge in [0.05, 0.1) is 18.0 Å². The summed E-state index contributed by atoms with van der Waals surface area (Å²) in [7, 11) is 0. The van der Waals surface area contributed by atoms with Crippen LogP contribution in [0.1, 0.15) is 12.3 Å². The first kappa shape index (κ1) is 20.0. The van der Waals surface area contributed by atoms with Crippen molar-refractivity contribution < 1.29 is 16.8 Å². The summed E-state index contributed by atoms with van der Waals surface area (Å²) >= 11 is 0. The zero-order valence-corrected chi connectivity index (χ0v) is 25.6. The van der Waals surface area contributed by atoms with E-state index in [1.165, 1.54) is 0 Å². The summed E-state index contributed by atoms with van der Waals surface area (Å²) in [6.45, 7) is 0. The monoisotopic (exact) mass is 622 g/mol. The molecular formula is C46H31NO. The number of hydrogen-bond donors (Lipinski definition) is 0. The van der Waals surface area contributed by atoms with E-state index in [4.69, 9.17) is 11.3 Å². The zero-order chi connectivity index (χ0) is 39.7. The van der Waals surface area contributed by atoms with E-state index in [1.807, 2.05) is 115 Å². The second-order valence-corrected chi connectivity index (χ2v) is 11.5. The molecule has 0 spiro atoms. The topological polar surface area (TPSA) is 16.4 Å². The highest BCUT2D eigenvalue weighted by molar-refractivity contribution is 6.15. The summed E-state index contributed by atoms with van der Waals surface area (Å²) in [5, 5.41) is 3.95. The normalized spacial score (nSPS) is 14.0. The van der Waals surface area contributed by atoms with Crippen LogP contribution in [0.15, 0.2) is 192 Å². The van der Waals surface area contributed by atoms with Crippen LogP contribution in [0.25, 0.3) is 66.1 Å². The fourth-order valence-electron chi connectivity index (χ4n) is 6.32. The highest BCUT2D eigenvalue weighted by atomic mass is 16.3. The third-order valence-electron chi connectivity index (χ3n) is 8.64. The van der Waals surface area contributed by atoms with E-state index in [9.17, 15) is 5.48 Å². The first-order chi connectivity index (χ1) is 27.5. The molecule has 0 unspecified atom stereocenters. The van der Waals surface area contributed by atoms with Gasteiger partial charge in [0.1, 0.15) is 11.2 Å². The summed E-state index contributed by atoms with van der Waals surface area (Å²) in [5.74, 6) is 0. The molecule has 0 bridgehead atoms. The summed E-state index contributed by atoms with van der Waals surface area (Å²) in [6, 6.07) is 38.1. The Kier molecular flexibility index (Phi) is 4.90. The number of anilines is 3. The summed E-state index contributed by atoms with van der Waals surface area (Å²) < 4.78 is 85.4. The Morgan fingerprint density at radius 3 is 1.96 bits per heavy atom. The fourth-order valence-corrected chi connectivity index (χ4v) is 6.32. The van der Waals surface area contributed by atoms with Crippen LogP contribution < -0.4 is 4.90 Å². The molecule has 0 fully saturated rings. The van der Waals surface area contributed by atoms with Crippen molar-refractivity contribution in [3.05, 3.63) is 188 Å². The Morgan fingerprint density at radius 1 is 0.438 bits per heavy atom. The number of nitrogens with zero attached hydrogens (tertiary/aromatic N) is 1. The molecule has 0 saturated heterocycles. The van der Waals surface area contributed by atoms with Gasteiger partial charge in [-0.05, 0) is 81.7 Å². The molecule has 0 N–H and O–H groups in total. The molecule has 0 radical (unpaired) electrons. The second kappa shape index (κ2) is 11.8. The van der Waals surface area contributed by atoms with Gasteiger partial charge in [-0.25, -0.2) is 0 Å². The van der Waals surface area contributed by atoms with Gasteiger partial charge in [-0.15, -0.1) is 0 Å². The van der Waals surface area contributed by atoms with Crippen molar-refractivity contribution in [3.63, 3.8) is 0 Å². The van der Waals surface area contributed by atoms with Crippen LogP contribution in [0.3, 0.4) is 0 Å². The standard InChI is InChI=1S/C46H31NO/c1-3-11-32(12-4-1)34-19-25-38(26-20-34)47(39-27-21-35(22-28-39)33-13-5-2-6-14-33)44-18-10-9-16-40(44)37-24-30-45-43(31-37)42-29-23-36-15-7-8-17-41(36)46(42)48-45/h1-31H/i1D,3D,4D,11D,12D,19D,20D,25D,26D. The second-order valence-electron chi connectivity index (χ2n) is 11.5. The molecule has 48 heavy (non-hydrogen) atoms. The summed E-state index contributed by atoms with van der Waals surface area (Å²) in [5.41, 5.74) is 5.31. The number of benzene rings is 8. The molecule has 0 amide bonds. The van der Waals surface area contributed by atoms with Gasteiger partial charge in [0.15, 0.2) is 0 Å². The van der Waals surface area contributed by atoms with E-state index in [2.05, 4.69) is 18.2 Å². The quantitative estimate of drug-likeness (QED) is 0.183. The molecule has 2 heteroatoms. The predicted molar refractivity (Wildman–Crippen MR) is 202 cm³/mol. The van der Waals surface area contributed by atoms with Gasteiger partial charge in [-0.2, -0.15) is 0 Å². The Balaban J connectivity index is 1.28. The largest absolute Gasteiger partial charge is 0.455 e. The van der Waals surface area contributed by atoms with Crippen molar-refractivity contribution in [2.24, 2.45) is 0 Å². The number of hydrogen-bond acceptors (Lipinski definition) is 2. The van der Waals surface area contributed by atoms with E-state index in [1.54, 1.807) is 4.90 Å². The van der Waals surface area contributed by atoms with Crippen LogP contribution in [0.2, 0.25) is 0 Å². The third-order valence-corrected chi connectivity index (χ3v) is 8.64. The molecule has 0 aliphatic carbocycles. The van der Waals surface area contributed by atoms with Crippen LogP contribution in [-0.4, -0.2) is 0 Å². The molecule has 0 aliphatic heterocycles. The number of furan rings is 1. The molecule has 0 saturated carbocycles. The molecule has 2 nitrogen and oxygen atoms in total. The predicted octanol–water partition coefficient (Wildman–Crippen LogP) is 13.2. The van der Waals surface area contributed by atoms with Gasteiger partial charge >= 0.3 is 0 Å². The highest BCUT2D eigenvalue weighted by Gasteiger charge is 2.19. The molecule has 1 heterocycles. The maximum Gasteiger partial charge on any atom is 0.143 e. The van der Waals surface area contributed by atoms with Crippen LogP contribution in [0, 0.1) is 0 Å². The molecule has 0 atom stereocenters. The Labute approximate surface area is 292 Å². The van der Waals surface area contributed by atoms with Gasteiger partial charge in [0.25, 0.3) is 0 Å². The Bertz CT molecular complexity index is 3010. The van der Waals surface area contributed by atoms with Crippen LogP contribution in [0.4, 0.5) is 17.1 Å². The van der Waals surface area contributed by atoms with E-state index >= 15 is 0 Å². The minimum absolute atomic E-state index is 0.0673. The molecule has 9 rings (SSSR count). The SMILES string of the molecule is [2H]c1c([2H])c([2H])c(-c2c([2H])c([2H])c(N(c3ccc(-c4ccccc4)cc3)c3ccccc3-c3ccc4oc5c6ccccc6ccc5c4c3)c([2H])c2[2H])c([2H])c1[2H]. The lowest BCUT2D eigenvalue weighted by Gasteiger charge is -2.28. The minimum Gasteiger partial charge on any atom is -0.455 e. The van der Waals surface area contributed by atoms with Crippen molar-refractivity contribution in [3.8, 4) is 33.4 Å². The van der Waals surface area contributed by atoms with Crippen molar-refractivity contribution >= 4 is 49.8 Å². The van der Waals surface area contributed by atoms with E-state index < -0.39 is 59.9 Å². The number of fused-ring (bicyclic) bond motifs is 5. The van der Waals surface area contributed by atoms with Crippen LogP contribution >= 0.6 is 0 Å². The average Bonchev–Trinajstić information content (AvgIpc) is 3.63. The molecule has 226 valence electrons. The lowest BCUT2D eigenvalue weighted by molar-refractivity contribution is 0.672. The smallest absolute Gasteiger partial charge is 0.143 e. The number of rotatable bonds is 6. The molecule has 0 aliphatic rings. The Morgan fingerprint density at radius 2 is 1.12 bits per heavy atom. The molecule has 8 aromatic carbocycles. The van der Waals surface area contributed by atoms with Gasteiger partial charge < -0.3 is 9.32 Å². The molecule has 9 aromatic rings. The van der Waals surface area contributed by atoms with Gasteiger partial charge in [0.2, 0.25) is 0 Å². The van der Waals surface area contributed by atoms with Crippen molar-refractivity contribution in [1.82, 2.24) is 0 Å². The summed E-state index contributed by atoms with van der Waals surface area (Å²) in [6.07, 6.45) is 0. The lowest BCUT2D eigenvalue weighted by atomic mass is 9.98. The summed E-state index contributed by atoms with van der Waals surface area (Å²) in [4.78, 5) is 1.70. The maximum atomic E-state index is 9.44. The average molecular weight is 623 g/mol. The van der Waals surface area contributed by atoms with E-state index in [0.29, 0.717) is 11.4 Å². The van der Waals surface area contributed by atoms with Crippen molar-refractivity contribution in [2.75, 3.05) is 4.90 Å². The first-order valence-corrected chi connectivity index (χ1v) is 15.6. The van der Waals surface area contributed by atoms with Crippen molar-refractivity contribution in [2.45, 2.75) is 0 Å². The highest BCUT2D eigenvalue weighted by Crippen LogP contribution is 2.43. The zero-order valence-electron chi connectivity index (χ0n) is 34.6. The lowest BCUT2D eigenvalue weighted by Crippen LogP contribution is -2.11. The van der Waals surface area contributed by atoms with Crippen LogP contribution in [0.5, 0.6) is 0 Å². The van der Waals surface area contributed by atoms with E-state index in [0.717, 1.165) is 55.0 Å². The minimum atomic E-state index is -0.628. The fraction of sp³-hybridized carbons (Fsp3) is 0. The number of para-hydroxylation sites is 1. The third kappa shape index (κ3) is 4.92. The van der Waals surface area contributed by atoms with Gasteiger partial charge in [-0.3, -0.25) is 0 Å². The van der Waals surface area contributed by atoms with Gasteiger partial charge in [0, 0.05) is 33.1 Å². The van der Waals surface area contributed by atoms with Crippen LogP contribution in [-0.2, 0) is 0 Å². The molecular weight excluding hydrogens is 583 g/mol. The van der Waals surface area contributed by atoms with E-state index in [-0.39, 0.29) is 11.3 Å². The maximum absolute atomic E-state index is 9.44. The molecule has 1 aromatic heterocycles.